The first-order valence-electron chi connectivity index (χ1n) is 6.53. The molecule has 2 N–H and O–H groups in total. The zero-order chi connectivity index (χ0) is 12.9. The van der Waals surface area contributed by atoms with E-state index in [0.29, 0.717) is 6.54 Å². The van der Waals surface area contributed by atoms with E-state index >= 15 is 0 Å². The van der Waals surface area contributed by atoms with E-state index < -0.39 is 0 Å². The third kappa shape index (κ3) is 4.25. The van der Waals surface area contributed by atoms with Crippen LogP contribution in [0.5, 0.6) is 0 Å². The molecule has 1 aliphatic carbocycles. The molecule has 1 fully saturated rings. The van der Waals surface area contributed by atoms with Crippen LogP contribution in [0.4, 0.5) is 0 Å². The van der Waals surface area contributed by atoms with Gasteiger partial charge in [-0.2, -0.15) is 0 Å². The van der Waals surface area contributed by atoms with Crippen molar-refractivity contribution in [2.75, 3.05) is 13.2 Å². The van der Waals surface area contributed by atoms with Gasteiger partial charge in [0.05, 0.1) is 11.4 Å². The van der Waals surface area contributed by atoms with Crippen LogP contribution in [-0.2, 0) is 4.79 Å². The minimum atomic E-state index is -0.137. The second kappa shape index (κ2) is 6.74. The third-order valence-electron chi connectivity index (χ3n) is 3.72. The molecule has 0 heterocycles. The van der Waals surface area contributed by atoms with Crippen molar-refractivity contribution in [3.63, 3.8) is 0 Å². The number of halogens is 1. The number of hydrogen-bond acceptors (Lipinski definition) is 2. The lowest BCUT2D eigenvalue weighted by molar-refractivity contribution is -0.121. The van der Waals surface area contributed by atoms with Crippen LogP contribution in [0.3, 0.4) is 0 Å². The van der Waals surface area contributed by atoms with E-state index in [0.717, 1.165) is 12.8 Å². The Morgan fingerprint density at radius 3 is 2.41 bits per heavy atom. The van der Waals surface area contributed by atoms with Gasteiger partial charge in [0.25, 0.3) is 0 Å². The van der Waals surface area contributed by atoms with Crippen molar-refractivity contribution in [2.24, 2.45) is 11.3 Å². The van der Waals surface area contributed by atoms with Crippen LogP contribution in [0.1, 0.15) is 46.0 Å². The molecule has 100 valence electrons. The quantitative estimate of drug-likeness (QED) is 0.767. The number of aliphatic hydroxyl groups excluding tert-OH is 1. The van der Waals surface area contributed by atoms with Crippen molar-refractivity contribution in [2.45, 2.75) is 50.8 Å². The molecule has 3 nitrogen and oxygen atoms in total. The predicted octanol–water partition coefficient (Wildman–Crippen LogP) is 2.46. The van der Waals surface area contributed by atoms with Crippen molar-refractivity contribution in [3.8, 4) is 0 Å². The maximum atomic E-state index is 11.8. The van der Waals surface area contributed by atoms with Gasteiger partial charge in [-0.3, -0.25) is 4.79 Å². The van der Waals surface area contributed by atoms with Crippen LogP contribution >= 0.6 is 15.9 Å². The first kappa shape index (κ1) is 15.0. The summed E-state index contributed by atoms with van der Waals surface area (Å²) in [5.74, 6) is 0.324. The summed E-state index contributed by atoms with van der Waals surface area (Å²) < 4.78 is 0. The molecule has 1 unspecified atom stereocenters. The standard InChI is InChI=1S/C13H24BrNO2/c1-10(2)11(14)12(17)15-8-13(9-16)6-4-3-5-7-13/h10-11,16H,3-9H2,1-2H3,(H,15,17). The summed E-state index contributed by atoms with van der Waals surface area (Å²) in [5, 5.41) is 12.5. The molecule has 17 heavy (non-hydrogen) atoms. The molecule has 0 spiro atoms. The zero-order valence-electron chi connectivity index (χ0n) is 10.8. The Bertz CT molecular complexity index is 250. The minimum absolute atomic E-state index is 0.0402. The third-order valence-corrected chi connectivity index (χ3v) is 5.20. The number of nitrogens with one attached hydrogen (secondary N) is 1. The topological polar surface area (TPSA) is 49.3 Å². The number of aliphatic hydroxyl groups is 1. The van der Waals surface area contributed by atoms with Crippen LogP contribution in [0.2, 0.25) is 0 Å². The van der Waals surface area contributed by atoms with E-state index in [9.17, 15) is 9.90 Å². The Kier molecular flexibility index (Phi) is 5.93. The van der Waals surface area contributed by atoms with Crippen molar-refractivity contribution < 1.29 is 9.90 Å². The van der Waals surface area contributed by atoms with Crippen LogP contribution in [-0.4, -0.2) is 29.0 Å². The summed E-state index contributed by atoms with van der Waals surface area (Å²) in [6.45, 7) is 4.82. The van der Waals surface area contributed by atoms with E-state index in [1.807, 2.05) is 13.8 Å². The van der Waals surface area contributed by atoms with Gasteiger partial charge < -0.3 is 10.4 Å². The average Bonchev–Trinajstić information content (AvgIpc) is 2.36. The molecule has 0 saturated heterocycles. The monoisotopic (exact) mass is 305 g/mol. The number of rotatable bonds is 5. The van der Waals surface area contributed by atoms with Gasteiger partial charge in [-0.1, -0.05) is 49.0 Å². The lowest BCUT2D eigenvalue weighted by atomic mass is 9.74. The van der Waals surface area contributed by atoms with Crippen LogP contribution < -0.4 is 5.32 Å². The molecule has 0 aromatic carbocycles. The fourth-order valence-electron chi connectivity index (χ4n) is 2.37. The number of hydrogen-bond donors (Lipinski definition) is 2. The molecule has 0 aromatic rings. The molecule has 1 saturated carbocycles. The first-order valence-corrected chi connectivity index (χ1v) is 7.45. The SMILES string of the molecule is CC(C)C(Br)C(=O)NCC1(CO)CCCCC1. The van der Waals surface area contributed by atoms with Gasteiger partial charge in [0.2, 0.25) is 5.91 Å². The van der Waals surface area contributed by atoms with Gasteiger partial charge in [0, 0.05) is 12.0 Å². The number of alkyl halides is 1. The highest BCUT2D eigenvalue weighted by molar-refractivity contribution is 9.10. The molecule has 1 rings (SSSR count). The van der Waals surface area contributed by atoms with Crippen molar-refractivity contribution in [3.05, 3.63) is 0 Å². The fourth-order valence-corrected chi connectivity index (χ4v) is 2.53. The Morgan fingerprint density at radius 1 is 1.35 bits per heavy atom. The molecule has 0 aromatic heterocycles. The summed E-state index contributed by atoms with van der Waals surface area (Å²) in [5.41, 5.74) is -0.0718. The van der Waals surface area contributed by atoms with Crippen molar-refractivity contribution in [1.82, 2.24) is 5.32 Å². The van der Waals surface area contributed by atoms with Gasteiger partial charge >= 0.3 is 0 Å². The summed E-state index contributed by atoms with van der Waals surface area (Å²) in [6, 6.07) is 0. The highest BCUT2D eigenvalue weighted by Crippen LogP contribution is 2.35. The highest BCUT2D eigenvalue weighted by Gasteiger charge is 2.32. The lowest BCUT2D eigenvalue weighted by Gasteiger charge is -2.36. The zero-order valence-corrected chi connectivity index (χ0v) is 12.4. The van der Waals surface area contributed by atoms with Crippen molar-refractivity contribution >= 4 is 21.8 Å². The minimum Gasteiger partial charge on any atom is -0.396 e. The average molecular weight is 306 g/mol. The number of amides is 1. The van der Waals surface area contributed by atoms with E-state index in [-0.39, 0.29) is 28.7 Å². The summed E-state index contributed by atoms with van der Waals surface area (Å²) in [6.07, 6.45) is 5.64. The summed E-state index contributed by atoms with van der Waals surface area (Å²) in [7, 11) is 0. The molecule has 0 aliphatic heterocycles. The fraction of sp³-hybridized carbons (Fsp3) is 0.923. The Hall–Kier alpha value is -0.0900. The lowest BCUT2D eigenvalue weighted by Crippen LogP contribution is -2.44. The highest BCUT2D eigenvalue weighted by atomic mass is 79.9. The van der Waals surface area contributed by atoms with E-state index in [1.165, 1.54) is 19.3 Å². The van der Waals surface area contributed by atoms with Gasteiger partial charge in [0.15, 0.2) is 0 Å². The molecule has 0 radical (unpaired) electrons. The first-order chi connectivity index (χ1) is 8.01. The molecular formula is C13H24BrNO2. The van der Waals surface area contributed by atoms with E-state index in [1.54, 1.807) is 0 Å². The summed E-state index contributed by atoms with van der Waals surface area (Å²) >= 11 is 3.40. The maximum absolute atomic E-state index is 11.8. The van der Waals surface area contributed by atoms with Gasteiger partial charge in [-0.15, -0.1) is 0 Å². The molecule has 1 atom stereocenters. The number of carbonyl (C=O) groups is 1. The Balaban J connectivity index is 2.44. The molecule has 4 heteroatoms. The second-order valence-corrected chi connectivity index (χ2v) is 6.57. The van der Waals surface area contributed by atoms with Gasteiger partial charge in [-0.05, 0) is 18.8 Å². The Morgan fingerprint density at radius 2 is 1.94 bits per heavy atom. The molecule has 1 amide bonds. The normalized spacial score (nSPS) is 21.2. The molecule has 0 bridgehead atoms. The summed E-state index contributed by atoms with van der Waals surface area (Å²) in [4.78, 5) is 11.7. The molecule has 1 aliphatic rings. The van der Waals surface area contributed by atoms with Crippen LogP contribution in [0, 0.1) is 11.3 Å². The van der Waals surface area contributed by atoms with Crippen LogP contribution in [0.15, 0.2) is 0 Å². The van der Waals surface area contributed by atoms with Gasteiger partial charge in [0.1, 0.15) is 0 Å². The van der Waals surface area contributed by atoms with E-state index in [2.05, 4.69) is 21.2 Å². The van der Waals surface area contributed by atoms with E-state index in [4.69, 9.17) is 0 Å². The second-order valence-electron chi connectivity index (χ2n) is 5.58. The molecular weight excluding hydrogens is 282 g/mol. The predicted molar refractivity (Wildman–Crippen MR) is 73.2 cm³/mol. The van der Waals surface area contributed by atoms with Crippen molar-refractivity contribution in [1.29, 1.82) is 0 Å². The number of carbonyl (C=O) groups excluding carboxylic acids is 1. The van der Waals surface area contributed by atoms with Crippen LogP contribution in [0.25, 0.3) is 0 Å². The maximum Gasteiger partial charge on any atom is 0.234 e. The largest absolute Gasteiger partial charge is 0.396 e. The van der Waals surface area contributed by atoms with Gasteiger partial charge in [-0.25, -0.2) is 0 Å². The smallest absolute Gasteiger partial charge is 0.234 e. The Labute approximate surface area is 112 Å².